The summed E-state index contributed by atoms with van der Waals surface area (Å²) in [5.74, 6) is 1.16. The van der Waals surface area contributed by atoms with E-state index in [0.717, 1.165) is 25.2 Å². The molecule has 0 aromatic carbocycles. The molecule has 0 spiro atoms. The fraction of sp³-hybridized carbons (Fsp3) is 0.538. The zero-order chi connectivity index (χ0) is 13.0. The molecule has 1 aromatic heterocycles. The Morgan fingerprint density at radius 1 is 1.56 bits per heavy atom. The van der Waals surface area contributed by atoms with Gasteiger partial charge in [0, 0.05) is 12.6 Å². The Balaban J connectivity index is 2.19. The monoisotopic (exact) mass is 250 g/mol. The summed E-state index contributed by atoms with van der Waals surface area (Å²) in [6.45, 7) is 3.32. The summed E-state index contributed by atoms with van der Waals surface area (Å²) in [4.78, 5) is 18.1. The highest BCUT2D eigenvalue weighted by Gasteiger charge is 2.32. The molecule has 1 aromatic rings. The van der Waals surface area contributed by atoms with Gasteiger partial charge in [0.25, 0.3) is 0 Å². The van der Waals surface area contributed by atoms with Gasteiger partial charge in [-0.05, 0) is 25.8 Å². The van der Waals surface area contributed by atoms with Crippen LogP contribution in [0.25, 0.3) is 0 Å². The van der Waals surface area contributed by atoms with Crippen molar-refractivity contribution in [3.8, 4) is 5.88 Å². The molecule has 0 aliphatic carbocycles. The molecule has 2 heterocycles. The SMILES string of the molecule is CCOc1cccc(N2CCCC2C(=O)OC)n1. The van der Waals surface area contributed by atoms with Gasteiger partial charge >= 0.3 is 5.97 Å². The molecule has 1 aliphatic rings. The van der Waals surface area contributed by atoms with Crippen molar-refractivity contribution >= 4 is 11.8 Å². The predicted molar refractivity (Wildman–Crippen MR) is 67.8 cm³/mol. The number of nitrogens with zero attached hydrogens (tertiary/aromatic N) is 2. The Morgan fingerprint density at radius 3 is 3.11 bits per heavy atom. The molecule has 0 amide bonds. The summed E-state index contributed by atoms with van der Waals surface area (Å²) >= 11 is 0. The van der Waals surface area contributed by atoms with E-state index in [2.05, 4.69) is 4.98 Å². The predicted octanol–water partition coefficient (Wildman–Crippen LogP) is 1.62. The van der Waals surface area contributed by atoms with Gasteiger partial charge in [0.2, 0.25) is 5.88 Å². The smallest absolute Gasteiger partial charge is 0.328 e. The van der Waals surface area contributed by atoms with Gasteiger partial charge in [-0.15, -0.1) is 0 Å². The number of rotatable bonds is 4. The van der Waals surface area contributed by atoms with Crippen LogP contribution in [0.4, 0.5) is 5.82 Å². The number of hydrogen-bond acceptors (Lipinski definition) is 5. The Hall–Kier alpha value is -1.78. The quantitative estimate of drug-likeness (QED) is 0.760. The third-order valence-corrected chi connectivity index (χ3v) is 3.02. The van der Waals surface area contributed by atoms with Gasteiger partial charge in [-0.2, -0.15) is 4.98 Å². The molecule has 0 radical (unpaired) electrons. The summed E-state index contributed by atoms with van der Waals surface area (Å²) < 4.78 is 10.2. The van der Waals surface area contributed by atoms with Gasteiger partial charge in [0.05, 0.1) is 13.7 Å². The summed E-state index contributed by atoms with van der Waals surface area (Å²) in [6, 6.07) is 5.37. The second-order valence-corrected chi connectivity index (χ2v) is 4.14. The van der Waals surface area contributed by atoms with Crippen molar-refractivity contribution < 1.29 is 14.3 Å². The molecule has 18 heavy (non-hydrogen) atoms. The molecular formula is C13H18N2O3. The highest BCUT2D eigenvalue weighted by Crippen LogP contribution is 2.26. The van der Waals surface area contributed by atoms with Crippen LogP contribution in [0.5, 0.6) is 5.88 Å². The second-order valence-electron chi connectivity index (χ2n) is 4.14. The van der Waals surface area contributed by atoms with E-state index >= 15 is 0 Å². The molecule has 0 N–H and O–H groups in total. The first kappa shape index (κ1) is 12.7. The fourth-order valence-corrected chi connectivity index (χ4v) is 2.21. The average Bonchev–Trinajstić information content (AvgIpc) is 2.88. The van der Waals surface area contributed by atoms with E-state index in [1.165, 1.54) is 7.11 Å². The molecule has 1 unspecified atom stereocenters. The molecule has 2 rings (SSSR count). The summed E-state index contributed by atoms with van der Waals surface area (Å²) in [5.41, 5.74) is 0. The van der Waals surface area contributed by atoms with Crippen LogP contribution < -0.4 is 9.64 Å². The molecule has 1 aliphatic heterocycles. The zero-order valence-electron chi connectivity index (χ0n) is 10.8. The van der Waals surface area contributed by atoms with Crippen LogP contribution in [0.3, 0.4) is 0 Å². The zero-order valence-corrected chi connectivity index (χ0v) is 10.8. The Kier molecular flexibility index (Phi) is 4.02. The molecule has 5 nitrogen and oxygen atoms in total. The number of carbonyl (C=O) groups excluding carboxylic acids is 1. The number of hydrogen-bond donors (Lipinski definition) is 0. The minimum Gasteiger partial charge on any atom is -0.478 e. The Bertz CT molecular complexity index is 422. The highest BCUT2D eigenvalue weighted by molar-refractivity contribution is 5.80. The standard InChI is InChI=1S/C13H18N2O3/c1-3-18-12-8-4-7-11(14-12)15-9-5-6-10(15)13(16)17-2/h4,7-8,10H,3,5-6,9H2,1-2H3. The number of pyridine rings is 1. The van der Waals surface area contributed by atoms with Crippen molar-refractivity contribution in [2.24, 2.45) is 0 Å². The first-order valence-corrected chi connectivity index (χ1v) is 6.20. The van der Waals surface area contributed by atoms with E-state index in [1.54, 1.807) is 0 Å². The Morgan fingerprint density at radius 2 is 2.39 bits per heavy atom. The molecule has 1 fully saturated rings. The van der Waals surface area contributed by atoms with Crippen LogP contribution in [0.2, 0.25) is 0 Å². The highest BCUT2D eigenvalue weighted by atomic mass is 16.5. The van der Waals surface area contributed by atoms with Gasteiger partial charge in [-0.1, -0.05) is 6.07 Å². The van der Waals surface area contributed by atoms with Crippen LogP contribution in [-0.2, 0) is 9.53 Å². The maximum Gasteiger partial charge on any atom is 0.328 e. The maximum atomic E-state index is 11.7. The second kappa shape index (κ2) is 5.71. The van der Waals surface area contributed by atoms with Crippen LogP contribution in [0.1, 0.15) is 19.8 Å². The van der Waals surface area contributed by atoms with Crippen LogP contribution in [-0.4, -0.2) is 37.3 Å². The molecule has 1 saturated heterocycles. The topological polar surface area (TPSA) is 51.7 Å². The lowest BCUT2D eigenvalue weighted by Gasteiger charge is -2.23. The van der Waals surface area contributed by atoms with Crippen molar-refractivity contribution in [3.05, 3.63) is 18.2 Å². The van der Waals surface area contributed by atoms with Crippen molar-refractivity contribution in [1.29, 1.82) is 0 Å². The molecule has 1 atom stereocenters. The van der Waals surface area contributed by atoms with Gasteiger partial charge in [0.1, 0.15) is 11.9 Å². The van der Waals surface area contributed by atoms with Crippen LogP contribution >= 0.6 is 0 Å². The van der Waals surface area contributed by atoms with Gasteiger partial charge in [0.15, 0.2) is 0 Å². The molecule has 0 bridgehead atoms. The lowest BCUT2D eigenvalue weighted by Crippen LogP contribution is -2.37. The van der Waals surface area contributed by atoms with E-state index in [-0.39, 0.29) is 12.0 Å². The van der Waals surface area contributed by atoms with Crippen molar-refractivity contribution in [2.75, 3.05) is 25.2 Å². The minimum atomic E-state index is -0.223. The number of ether oxygens (including phenoxy) is 2. The average molecular weight is 250 g/mol. The van der Waals surface area contributed by atoms with E-state index in [4.69, 9.17) is 9.47 Å². The number of esters is 1. The van der Waals surface area contributed by atoms with Crippen molar-refractivity contribution in [1.82, 2.24) is 4.98 Å². The number of aromatic nitrogens is 1. The van der Waals surface area contributed by atoms with Gasteiger partial charge in [-0.3, -0.25) is 0 Å². The number of methoxy groups -OCH3 is 1. The third-order valence-electron chi connectivity index (χ3n) is 3.02. The van der Waals surface area contributed by atoms with Crippen molar-refractivity contribution in [3.63, 3.8) is 0 Å². The van der Waals surface area contributed by atoms with E-state index in [1.807, 2.05) is 30.0 Å². The first-order chi connectivity index (χ1) is 8.76. The third kappa shape index (κ3) is 2.55. The van der Waals surface area contributed by atoms with E-state index in [0.29, 0.717) is 12.5 Å². The van der Waals surface area contributed by atoms with Gasteiger partial charge in [-0.25, -0.2) is 4.79 Å². The van der Waals surface area contributed by atoms with E-state index < -0.39 is 0 Å². The summed E-state index contributed by atoms with van der Waals surface area (Å²) in [7, 11) is 1.42. The fourth-order valence-electron chi connectivity index (χ4n) is 2.21. The van der Waals surface area contributed by atoms with E-state index in [9.17, 15) is 4.79 Å². The maximum absolute atomic E-state index is 11.7. The number of anilines is 1. The summed E-state index contributed by atoms with van der Waals surface area (Å²) in [5, 5.41) is 0. The molecule has 98 valence electrons. The number of carbonyl (C=O) groups is 1. The lowest BCUT2D eigenvalue weighted by molar-refractivity contribution is -0.141. The minimum absolute atomic E-state index is 0.198. The molecule has 5 heteroatoms. The lowest BCUT2D eigenvalue weighted by atomic mass is 10.2. The molecular weight excluding hydrogens is 232 g/mol. The normalized spacial score (nSPS) is 18.8. The van der Waals surface area contributed by atoms with Gasteiger partial charge < -0.3 is 14.4 Å². The summed E-state index contributed by atoms with van der Waals surface area (Å²) in [6.07, 6.45) is 1.79. The van der Waals surface area contributed by atoms with Crippen molar-refractivity contribution in [2.45, 2.75) is 25.8 Å². The Labute approximate surface area is 107 Å². The first-order valence-electron chi connectivity index (χ1n) is 6.20. The van der Waals surface area contributed by atoms with Crippen LogP contribution in [0, 0.1) is 0 Å². The largest absolute Gasteiger partial charge is 0.478 e. The molecule has 0 saturated carbocycles. The van der Waals surface area contributed by atoms with Crippen LogP contribution in [0.15, 0.2) is 18.2 Å².